The van der Waals surface area contributed by atoms with Gasteiger partial charge in [0.05, 0.1) is 0 Å². The normalized spacial score (nSPS) is 19.3. The van der Waals surface area contributed by atoms with Crippen molar-refractivity contribution in [3.8, 4) is 0 Å². The van der Waals surface area contributed by atoms with Crippen molar-refractivity contribution in [2.24, 2.45) is 0 Å². The summed E-state index contributed by atoms with van der Waals surface area (Å²) in [6.45, 7) is 1.22. The van der Waals surface area contributed by atoms with Crippen LogP contribution in [0.1, 0.15) is 22.3 Å². The second-order valence-corrected chi connectivity index (χ2v) is 8.25. The molecule has 1 unspecified atom stereocenters. The molecule has 0 aliphatic carbocycles. The first kappa shape index (κ1) is 20.2. The molecular formula is C24H23FN4O3. The standard InChI is InChI=1S/C24H23FN4O3/c25-17-4-1-3-16(13-17)14-28-15-22(30)29-12-11-27(10-8-21(29)24(28)32)23(31)19-5-2-6-20-18(19)7-9-26-20/h1-7,9,13,21,26H,8,10-12,14-15H2. The number of carbonyl (C=O) groups is 3. The number of fused-ring (bicyclic) bond motifs is 2. The lowest BCUT2D eigenvalue weighted by molar-refractivity contribution is -0.156. The number of hydrogen-bond donors (Lipinski definition) is 1. The smallest absolute Gasteiger partial charge is 0.254 e. The molecule has 2 aliphatic heterocycles. The highest BCUT2D eigenvalue weighted by Gasteiger charge is 2.41. The number of nitrogens with zero attached hydrogens (tertiary/aromatic N) is 3. The number of halogens is 1. The van der Waals surface area contributed by atoms with Crippen LogP contribution < -0.4 is 0 Å². The molecule has 0 radical (unpaired) electrons. The quantitative estimate of drug-likeness (QED) is 0.688. The van der Waals surface area contributed by atoms with Crippen LogP contribution in [0.3, 0.4) is 0 Å². The van der Waals surface area contributed by atoms with Gasteiger partial charge in [-0.05, 0) is 42.3 Å². The summed E-state index contributed by atoms with van der Waals surface area (Å²) in [7, 11) is 0. The van der Waals surface area contributed by atoms with E-state index in [0.717, 1.165) is 10.9 Å². The molecule has 3 amide bonds. The van der Waals surface area contributed by atoms with Crippen molar-refractivity contribution in [2.45, 2.75) is 19.0 Å². The summed E-state index contributed by atoms with van der Waals surface area (Å²) in [6, 6.07) is 12.9. The number of piperazine rings is 1. The van der Waals surface area contributed by atoms with Crippen LogP contribution in [0.2, 0.25) is 0 Å². The van der Waals surface area contributed by atoms with Crippen LogP contribution in [-0.2, 0) is 16.1 Å². The number of hydrogen-bond acceptors (Lipinski definition) is 3. The van der Waals surface area contributed by atoms with Crippen molar-refractivity contribution in [1.82, 2.24) is 19.7 Å². The number of rotatable bonds is 3. The van der Waals surface area contributed by atoms with Crippen molar-refractivity contribution < 1.29 is 18.8 Å². The summed E-state index contributed by atoms with van der Waals surface area (Å²) in [6.07, 6.45) is 2.17. The first-order valence-electron chi connectivity index (χ1n) is 10.7. The molecule has 3 aromatic rings. The predicted octanol–water partition coefficient (Wildman–Crippen LogP) is 2.39. The molecule has 0 bridgehead atoms. The fourth-order valence-electron chi connectivity index (χ4n) is 4.66. The lowest BCUT2D eigenvalue weighted by atomic mass is 10.1. The van der Waals surface area contributed by atoms with Gasteiger partial charge >= 0.3 is 0 Å². The van der Waals surface area contributed by atoms with E-state index in [0.29, 0.717) is 37.2 Å². The molecule has 8 heteroatoms. The van der Waals surface area contributed by atoms with Gasteiger partial charge in [-0.2, -0.15) is 0 Å². The Labute approximate surface area is 184 Å². The average molecular weight is 434 g/mol. The minimum Gasteiger partial charge on any atom is -0.361 e. The molecular weight excluding hydrogens is 411 g/mol. The largest absolute Gasteiger partial charge is 0.361 e. The predicted molar refractivity (Wildman–Crippen MR) is 116 cm³/mol. The van der Waals surface area contributed by atoms with Crippen LogP contribution in [-0.4, -0.2) is 69.6 Å². The van der Waals surface area contributed by atoms with Gasteiger partial charge in [-0.1, -0.05) is 18.2 Å². The highest BCUT2D eigenvalue weighted by molar-refractivity contribution is 6.06. The SMILES string of the molecule is O=C(c1cccc2[nH]ccc12)N1CCC2C(=O)N(Cc3cccc(F)c3)CC(=O)N2CC1. The topological polar surface area (TPSA) is 76.7 Å². The number of nitrogens with one attached hydrogen (secondary N) is 1. The summed E-state index contributed by atoms with van der Waals surface area (Å²) in [5.74, 6) is -0.781. The zero-order chi connectivity index (χ0) is 22.2. The van der Waals surface area contributed by atoms with Crippen LogP contribution in [0, 0.1) is 5.82 Å². The van der Waals surface area contributed by atoms with E-state index in [1.54, 1.807) is 34.2 Å². The molecule has 2 aliphatic rings. The minimum absolute atomic E-state index is 0.0392. The molecule has 0 saturated carbocycles. The summed E-state index contributed by atoms with van der Waals surface area (Å²) < 4.78 is 13.5. The highest BCUT2D eigenvalue weighted by Crippen LogP contribution is 2.24. The number of H-pyrrole nitrogens is 1. The van der Waals surface area contributed by atoms with E-state index >= 15 is 0 Å². The molecule has 2 aromatic carbocycles. The molecule has 5 rings (SSSR count). The molecule has 32 heavy (non-hydrogen) atoms. The molecule has 1 atom stereocenters. The molecule has 7 nitrogen and oxygen atoms in total. The van der Waals surface area contributed by atoms with E-state index < -0.39 is 6.04 Å². The zero-order valence-electron chi connectivity index (χ0n) is 17.5. The molecule has 2 fully saturated rings. The Bertz CT molecular complexity index is 1210. The number of carbonyl (C=O) groups excluding carboxylic acids is 3. The molecule has 0 spiro atoms. The molecule has 164 valence electrons. The first-order chi connectivity index (χ1) is 15.5. The van der Waals surface area contributed by atoms with Crippen LogP contribution >= 0.6 is 0 Å². The Hall–Kier alpha value is -3.68. The third kappa shape index (κ3) is 3.62. The number of aromatic amines is 1. The number of amides is 3. The fraction of sp³-hybridized carbons (Fsp3) is 0.292. The second kappa shape index (κ2) is 8.11. The maximum Gasteiger partial charge on any atom is 0.254 e. The monoisotopic (exact) mass is 434 g/mol. The summed E-state index contributed by atoms with van der Waals surface area (Å²) in [5.41, 5.74) is 2.14. The van der Waals surface area contributed by atoms with Gasteiger partial charge in [-0.15, -0.1) is 0 Å². The Balaban J connectivity index is 1.33. The van der Waals surface area contributed by atoms with Crippen molar-refractivity contribution in [1.29, 1.82) is 0 Å². The third-order valence-corrected chi connectivity index (χ3v) is 6.28. The summed E-state index contributed by atoms with van der Waals surface area (Å²) in [5, 5.41) is 0.855. The van der Waals surface area contributed by atoms with Gasteiger partial charge < -0.3 is 19.7 Å². The zero-order valence-corrected chi connectivity index (χ0v) is 17.5. The van der Waals surface area contributed by atoms with Gasteiger partial charge in [-0.25, -0.2) is 4.39 Å². The Morgan fingerprint density at radius 2 is 1.91 bits per heavy atom. The van der Waals surface area contributed by atoms with E-state index in [4.69, 9.17) is 0 Å². The van der Waals surface area contributed by atoms with Gasteiger partial charge in [0, 0.05) is 48.8 Å². The van der Waals surface area contributed by atoms with Gasteiger partial charge in [0.1, 0.15) is 18.4 Å². The van der Waals surface area contributed by atoms with E-state index in [9.17, 15) is 18.8 Å². The minimum atomic E-state index is -0.606. The second-order valence-electron chi connectivity index (χ2n) is 8.25. The van der Waals surface area contributed by atoms with Gasteiger partial charge in [0.25, 0.3) is 5.91 Å². The lowest BCUT2D eigenvalue weighted by Gasteiger charge is -2.39. The average Bonchev–Trinajstić information content (AvgIpc) is 3.15. The summed E-state index contributed by atoms with van der Waals surface area (Å²) >= 11 is 0. The summed E-state index contributed by atoms with van der Waals surface area (Å²) in [4.78, 5) is 47.2. The molecule has 3 heterocycles. The maximum absolute atomic E-state index is 13.5. The van der Waals surface area contributed by atoms with Gasteiger partial charge in [0.15, 0.2) is 0 Å². The van der Waals surface area contributed by atoms with E-state index in [1.165, 1.54) is 17.0 Å². The molecule has 1 aromatic heterocycles. The molecule has 2 saturated heterocycles. The van der Waals surface area contributed by atoms with Crippen molar-refractivity contribution >= 4 is 28.6 Å². The lowest BCUT2D eigenvalue weighted by Crippen LogP contribution is -2.59. The van der Waals surface area contributed by atoms with Crippen LogP contribution in [0.4, 0.5) is 4.39 Å². The van der Waals surface area contributed by atoms with Crippen LogP contribution in [0.25, 0.3) is 10.9 Å². The van der Waals surface area contributed by atoms with Gasteiger partial charge in [-0.3, -0.25) is 14.4 Å². The number of aromatic nitrogens is 1. The Kier molecular flexibility index (Phi) is 5.13. The van der Waals surface area contributed by atoms with Gasteiger partial charge in [0.2, 0.25) is 11.8 Å². The van der Waals surface area contributed by atoms with Crippen LogP contribution in [0.5, 0.6) is 0 Å². The Morgan fingerprint density at radius 1 is 1.06 bits per heavy atom. The van der Waals surface area contributed by atoms with E-state index in [2.05, 4.69) is 4.98 Å². The van der Waals surface area contributed by atoms with Crippen LogP contribution in [0.15, 0.2) is 54.7 Å². The first-order valence-corrected chi connectivity index (χ1v) is 10.7. The third-order valence-electron chi connectivity index (χ3n) is 6.28. The van der Waals surface area contributed by atoms with Crippen molar-refractivity contribution in [3.63, 3.8) is 0 Å². The van der Waals surface area contributed by atoms with Crippen molar-refractivity contribution in [3.05, 3.63) is 71.7 Å². The number of benzene rings is 2. The highest BCUT2D eigenvalue weighted by atomic mass is 19.1. The fourth-order valence-corrected chi connectivity index (χ4v) is 4.66. The van der Waals surface area contributed by atoms with E-state index in [1.807, 2.05) is 18.2 Å². The Morgan fingerprint density at radius 3 is 2.75 bits per heavy atom. The maximum atomic E-state index is 13.5. The molecule has 1 N–H and O–H groups in total. The van der Waals surface area contributed by atoms with Crippen molar-refractivity contribution in [2.75, 3.05) is 26.2 Å². The van der Waals surface area contributed by atoms with E-state index in [-0.39, 0.29) is 36.6 Å².